The van der Waals surface area contributed by atoms with Gasteiger partial charge in [-0.2, -0.15) is 0 Å². The summed E-state index contributed by atoms with van der Waals surface area (Å²) in [4.78, 5) is 0. The molecule has 0 N–H and O–H groups in total. The van der Waals surface area contributed by atoms with Gasteiger partial charge in [-0.3, -0.25) is 4.70 Å². The van der Waals surface area contributed by atoms with Crippen LogP contribution < -0.4 is 5.46 Å². The van der Waals surface area contributed by atoms with Crippen LogP contribution in [-0.4, -0.2) is 4.36 Å². The summed E-state index contributed by atoms with van der Waals surface area (Å²) in [7, 11) is 0. The first kappa shape index (κ1) is 10.2. The second kappa shape index (κ2) is 4.91. The fourth-order valence-electron chi connectivity index (χ4n) is 0.599. The summed E-state index contributed by atoms with van der Waals surface area (Å²) in [5, 5.41) is 0. The van der Waals surface area contributed by atoms with E-state index >= 15 is 0 Å². The molecule has 1 rings (SSSR count). The molecule has 0 aromatic heterocycles. The van der Waals surface area contributed by atoms with E-state index < -0.39 is 0 Å². The molecule has 10 heavy (non-hydrogen) atoms. The monoisotopic (exact) mass is 266 g/mol. The minimum absolute atomic E-state index is 0. The summed E-state index contributed by atoms with van der Waals surface area (Å²) in [6.07, 6.45) is 0. The Labute approximate surface area is 76.4 Å². The van der Waals surface area contributed by atoms with E-state index in [2.05, 4.69) is 43.6 Å². The molecule has 0 saturated carbocycles. The molecular formula is C6H6BBr2F. The first-order valence-corrected chi connectivity index (χ1v) is 4.47. The van der Waals surface area contributed by atoms with Crippen LogP contribution in [0.15, 0.2) is 30.3 Å². The summed E-state index contributed by atoms with van der Waals surface area (Å²) in [6, 6.07) is 10.2. The van der Waals surface area contributed by atoms with Gasteiger partial charge in [-0.1, -0.05) is 35.8 Å². The van der Waals surface area contributed by atoms with Crippen LogP contribution in [-0.2, 0) is 0 Å². The van der Waals surface area contributed by atoms with Gasteiger partial charge in [-0.15, -0.1) is 31.5 Å². The van der Waals surface area contributed by atoms with E-state index in [0.717, 1.165) is 0 Å². The summed E-state index contributed by atoms with van der Waals surface area (Å²) in [6.45, 7) is 0. The molecule has 0 nitrogen and oxygen atoms in total. The van der Waals surface area contributed by atoms with E-state index in [0.29, 0.717) is 0 Å². The second-order valence-corrected chi connectivity index (χ2v) is 4.77. The van der Waals surface area contributed by atoms with Gasteiger partial charge in [0, 0.05) is 0 Å². The van der Waals surface area contributed by atoms with E-state index in [1.165, 1.54) is 5.46 Å². The van der Waals surface area contributed by atoms with E-state index in [-0.39, 0.29) is 9.07 Å². The predicted molar refractivity (Wildman–Crippen MR) is 52.2 cm³/mol. The quantitative estimate of drug-likeness (QED) is 0.685. The van der Waals surface area contributed by atoms with Crippen molar-refractivity contribution in [2.24, 2.45) is 0 Å². The normalized spacial score (nSPS) is 8.20. The molecule has 0 bridgehead atoms. The van der Waals surface area contributed by atoms with Crippen molar-refractivity contribution < 1.29 is 4.70 Å². The standard InChI is InChI=1S/C6H5BBr2.FH/c8-7(9)6-4-2-1-3-5-6;/h1-5H;1H. The first-order valence-electron chi connectivity index (χ1n) is 2.64. The number of hydrogen-bond acceptors (Lipinski definition) is 0. The van der Waals surface area contributed by atoms with Crippen LogP contribution >= 0.6 is 31.5 Å². The lowest BCUT2D eigenvalue weighted by Gasteiger charge is -1.94. The van der Waals surface area contributed by atoms with Gasteiger partial charge in [-0.25, -0.2) is 0 Å². The Morgan fingerprint density at radius 3 is 1.80 bits per heavy atom. The lowest BCUT2D eigenvalue weighted by Crippen LogP contribution is -2.15. The molecule has 0 spiro atoms. The Morgan fingerprint density at radius 2 is 1.50 bits per heavy atom. The van der Waals surface area contributed by atoms with E-state index in [9.17, 15) is 0 Å². The minimum Gasteiger partial charge on any atom is -0.269 e. The highest BCUT2D eigenvalue weighted by molar-refractivity contribution is 9.49. The molecule has 0 heterocycles. The number of benzene rings is 1. The number of rotatable bonds is 1. The molecule has 0 fully saturated rings. The molecule has 1 aromatic carbocycles. The third-order valence-corrected chi connectivity index (χ3v) is 2.11. The highest BCUT2D eigenvalue weighted by Crippen LogP contribution is 2.01. The molecule has 0 aliphatic rings. The maximum Gasteiger partial charge on any atom is 0.329 e. The van der Waals surface area contributed by atoms with Crippen molar-refractivity contribution in [3.8, 4) is 0 Å². The molecule has 0 unspecified atom stereocenters. The van der Waals surface area contributed by atoms with Crippen LogP contribution in [0.1, 0.15) is 0 Å². The average Bonchev–Trinajstić information content (AvgIpc) is 1.90. The van der Waals surface area contributed by atoms with Crippen LogP contribution in [0.2, 0.25) is 0 Å². The third kappa shape index (κ3) is 2.84. The SMILES string of the molecule is BrB(Br)c1ccccc1.F. The maximum atomic E-state index is 3.40. The lowest BCUT2D eigenvalue weighted by atomic mass is 9.96. The third-order valence-electron chi connectivity index (χ3n) is 1.05. The van der Waals surface area contributed by atoms with Crippen molar-refractivity contribution in [1.82, 2.24) is 0 Å². The molecule has 0 saturated heterocycles. The number of hydrogen-bond donors (Lipinski definition) is 0. The molecule has 54 valence electrons. The summed E-state index contributed by atoms with van der Waals surface area (Å²) < 4.78 is 0.284. The van der Waals surface area contributed by atoms with E-state index in [1.807, 2.05) is 18.2 Å². The van der Waals surface area contributed by atoms with E-state index in [1.54, 1.807) is 0 Å². The molecular weight excluding hydrogens is 262 g/mol. The Hall–Kier alpha value is 0.175. The van der Waals surface area contributed by atoms with Crippen molar-refractivity contribution in [3.05, 3.63) is 30.3 Å². The smallest absolute Gasteiger partial charge is 0.269 e. The van der Waals surface area contributed by atoms with Crippen LogP contribution in [0, 0.1) is 0 Å². The van der Waals surface area contributed by atoms with Crippen LogP contribution in [0.4, 0.5) is 4.70 Å². The predicted octanol–water partition coefficient (Wildman–Crippen LogP) is 2.32. The van der Waals surface area contributed by atoms with Crippen LogP contribution in [0.5, 0.6) is 0 Å². The van der Waals surface area contributed by atoms with Gasteiger partial charge in [0.2, 0.25) is 0 Å². The first-order chi connectivity index (χ1) is 4.30. The van der Waals surface area contributed by atoms with E-state index in [4.69, 9.17) is 0 Å². The Balaban J connectivity index is 0.000000810. The van der Waals surface area contributed by atoms with Crippen molar-refractivity contribution in [1.29, 1.82) is 0 Å². The molecule has 4 heteroatoms. The summed E-state index contributed by atoms with van der Waals surface area (Å²) >= 11 is 6.80. The highest BCUT2D eigenvalue weighted by atomic mass is 79.9. The van der Waals surface area contributed by atoms with Gasteiger partial charge in [0.05, 0.1) is 0 Å². The minimum atomic E-state index is 0. The van der Waals surface area contributed by atoms with Crippen molar-refractivity contribution in [3.63, 3.8) is 0 Å². The van der Waals surface area contributed by atoms with Gasteiger partial charge < -0.3 is 0 Å². The van der Waals surface area contributed by atoms with Gasteiger partial charge >= 0.3 is 4.36 Å². The molecule has 0 aliphatic carbocycles. The summed E-state index contributed by atoms with van der Waals surface area (Å²) in [5.74, 6) is 0. The fourth-order valence-corrected chi connectivity index (χ4v) is 1.21. The largest absolute Gasteiger partial charge is 0.329 e. The molecule has 0 amide bonds. The van der Waals surface area contributed by atoms with Crippen LogP contribution in [0.25, 0.3) is 0 Å². The van der Waals surface area contributed by atoms with Crippen molar-refractivity contribution in [2.75, 3.05) is 0 Å². The Morgan fingerprint density at radius 1 is 1.00 bits per heavy atom. The van der Waals surface area contributed by atoms with Crippen molar-refractivity contribution in [2.45, 2.75) is 0 Å². The van der Waals surface area contributed by atoms with Crippen LogP contribution in [0.3, 0.4) is 0 Å². The Bertz CT molecular complexity index is 178. The van der Waals surface area contributed by atoms with Gasteiger partial charge in [0.15, 0.2) is 0 Å². The Kier molecular flexibility index (Phi) is 5.00. The fraction of sp³-hybridized carbons (Fsp3) is 0. The van der Waals surface area contributed by atoms with Crippen molar-refractivity contribution >= 4 is 41.3 Å². The zero-order valence-corrected chi connectivity index (χ0v) is 8.30. The maximum absolute atomic E-state index is 3.40. The number of halogens is 3. The summed E-state index contributed by atoms with van der Waals surface area (Å²) in [5.41, 5.74) is 1.25. The van der Waals surface area contributed by atoms with Gasteiger partial charge in [0.25, 0.3) is 0 Å². The zero-order valence-electron chi connectivity index (χ0n) is 5.13. The molecule has 1 aromatic rings. The van der Waals surface area contributed by atoms with Gasteiger partial charge in [-0.05, 0) is 0 Å². The van der Waals surface area contributed by atoms with Gasteiger partial charge in [0.1, 0.15) is 0 Å². The highest BCUT2D eigenvalue weighted by Gasteiger charge is 2.04. The zero-order chi connectivity index (χ0) is 6.69. The molecule has 0 radical (unpaired) electrons. The molecule has 0 aliphatic heterocycles. The second-order valence-electron chi connectivity index (χ2n) is 1.71. The molecule has 0 atom stereocenters. The lowest BCUT2D eigenvalue weighted by molar-refractivity contribution is 1.11. The topological polar surface area (TPSA) is 0 Å². The average molecular weight is 268 g/mol.